The molecule has 1 N–H and O–H groups in total. The first kappa shape index (κ1) is 19.4. The van der Waals surface area contributed by atoms with Crippen LogP contribution in [0.2, 0.25) is 5.02 Å². The van der Waals surface area contributed by atoms with Gasteiger partial charge in [0.1, 0.15) is 13.1 Å². The molecule has 0 unspecified atom stereocenters. The predicted molar refractivity (Wildman–Crippen MR) is 92.5 cm³/mol. The molecule has 0 atom stereocenters. The highest BCUT2D eigenvalue weighted by Crippen LogP contribution is 2.13. The molecule has 0 fully saturated rings. The molecule has 0 bridgehead atoms. The van der Waals surface area contributed by atoms with Gasteiger partial charge in [-0.2, -0.15) is 0 Å². The van der Waals surface area contributed by atoms with Gasteiger partial charge in [-0.3, -0.25) is 14.4 Å². The Balaban J connectivity index is 2.15. The second-order valence-electron chi connectivity index (χ2n) is 5.77. The Kier molecular flexibility index (Phi) is 6.29. The number of likely N-dealkylation sites (N-methyl/N-ethyl adjacent to an activating group) is 1. The van der Waals surface area contributed by atoms with Gasteiger partial charge in [0.25, 0.3) is 5.91 Å². The highest BCUT2D eigenvalue weighted by molar-refractivity contribution is 6.30. The molecule has 0 radical (unpaired) electrons. The third kappa shape index (κ3) is 5.28. The zero-order chi connectivity index (χ0) is 19.3. The SMILES string of the molecule is CN(C)C(=O)Cn1cc(C(=O)N(CC(=O)O)Cc2ccc(Cl)cc2)nn1. The Bertz CT molecular complexity index is 803. The van der Waals surface area contributed by atoms with Crippen molar-refractivity contribution >= 4 is 29.4 Å². The standard InChI is InChI=1S/C16H18ClN5O4/c1-20(2)14(23)9-22-8-13(18-19-22)16(26)21(10-15(24)25)7-11-3-5-12(17)6-4-11/h3-6,8H,7,9-10H2,1-2H3,(H,24,25). The largest absolute Gasteiger partial charge is 0.480 e. The number of carboxylic acids is 1. The third-order valence-corrected chi connectivity index (χ3v) is 3.71. The number of nitrogens with zero attached hydrogens (tertiary/aromatic N) is 5. The number of carbonyl (C=O) groups excluding carboxylic acids is 2. The maximum absolute atomic E-state index is 12.6. The van der Waals surface area contributed by atoms with E-state index in [0.29, 0.717) is 5.02 Å². The summed E-state index contributed by atoms with van der Waals surface area (Å²) in [6, 6.07) is 6.72. The number of aromatic nitrogens is 3. The van der Waals surface area contributed by atoms with E-state index in [1.807, 2.05) is 0 Å². The zero-order valence-electron chi connectivity index (χ0n) is 14.3. The van der Waals surface area contributed by atoms with E-state index in [2.05, 4.69) is 10.3 Å². The van der Waals surface area contributed by atoms with Gasteiger partial charge in [0, 0.05) is 25.7 Å². The summed E-state index contributed by atoms with van der Waals surface area (Å²) in [4.78, 5) is 37.9. The molecular weight excluding hydrogens is 362 g/mol. The molecule has 0 aliphatic carbocycles. The van der Waals surface area contributed by atoms with E-state index < -0.39 is 18.4 Å². The molecule has 1 aromatic heterocycles. The molecule has 0 saturated carbocycles. The lowest BCUT2D eigenvalue weighted by Crippen LogP contribution is -2.35. The Labute approximate surface area is 154 Å². The predicted octanol–water partition coefficient (Wildman–Crippen LogP) is 0.747. The Morgan fingerprint density at radius 2 is 1.85 bits per heavy atom. The van der Waals surface area contributed by atoms with Crippen molar-refractivity contribution in [2.45, 2.75) is 13.1 Å². The van der Waals surface area contributed by atoms with Gasteiger partial charge < -0.3 is 14.9 Å². The van der Waals surface area contributed by atoms with E-state index >= 15 is 0 Å². The summed E-state index contributed by atoms with van der Waals surface area (Å²) in [7, 11) is 3.21. The smallest absolute Gasteiger partial charge is 0.323 e. The lowest BCUT2D eigenvalue weighted by molar-refractivity contribution is -0.137. The fraction of sp³-hybridized carbons (Fsp3) is 0.312. The highest BCUT2D eigenvalue weighted by Gasteiger charge is 2.22. The van der Waals surface area contributed by atoms with Gasteiger partial charge in [0.05, 0.1) is 6.20 Å². The number of amides is 2. The van der Waals surface area contributed by atoms with Crippen molar-refractivity contribution in [3.63, 3.8) is 0 Å². The van der Waals surface area contributed by atoms with Gasteiger partial charge in [0.15, 0.2) is 5.69 Å². The van der Waals surface area contributed by atoms with E-state index in [4.69, 9.17) is 16.7 Å². The number of carbonyl (C=O) groups is 3. The Morgan fingerprint density at radius 3 is 2.42 bits per heavy atom. The molecule has 0 saturated heterocycles. The van der Waals surface area contributed by atoms with Crippen LogP contribution in [0.25, 0.3) is 0 Å². The molecule has 2 amide bonds. The van der Waals surface area contributed by atoms with Gasteiger partial charge in [-0.05, 0) is 17.7 Å². The van der Waals surface area contributed by atoms with Crippen LogP contribution >= 0.6 is 11.6 Å². The average Bonchev–Trinajstić information content (AvgIpc) is 3.03. The Morgan fingerprint density at radius 1 is 1.19 bits per heavy atom. The van der Waals surface area contributed by atoms with Crippen molar-refractivity contribution < 1.29 is 19.5 Å². The zero-order valence-corrected chi connectivity index (χ0v) is 15.0. The van der Waals surface area contributed by atoms with Crippen LogP contribution < -0.4 is 0 Å². The first-order valence-corrected chi connectivity index (χ1v) is 8.00. The van der Waals surface area contributed by atoms with Crippen LogP contribution in [0.1, 0.15) is 16.1 Å². The van der Waals surface area contributed by atoms with Gasteiger partial charge in [-0.1, -0.05) is 28.9 Å². The molecule has 26 heavy (non-hydrogen) atoms. The number of hydrogen-bond acceptors (Lipinski definition) is 5. The fourth-order valence-electron chi connectivity index (χ4n) is 2.09. The van der Waals surface area contributed by atoms with E-state index in [1.165, 1.54) is 15.8 Å². The first-order valence-electron chi connectivity index (χ1n) is 7.62. The van der Waals surface area contributed by atoms with E-state index in [9.17, 15) is 14.4 Å². The summed E-state index contributed by atoms with van der Waals surface area (Å²) in [5.74, 6) is -1.95. The van der Waals surface area contributed by atoms with Gasteiger partial charge in [-0.25, -0.2) is 4.68 Å². The third-order valence-electron chi connectivity index (χ3n) is 3.45. The molecule has 9 nitrogen and oxygen atoms in total. The van der Waals surface area contributed by atoms with Crippen molar-refractivity contribution in [2.75, 3.05) is 20.6 Å². The van der Waals surface area contributed by atoms with E-state index in [1.54, 1.807) is 38.4 Å². The topological polar surface area (TPSA) is 109 Å². The van der Waals surface area contributed by atoms with Crippen molar-refractivity contribution in [2.24, 2.45) is 0 Å². The minimum atomic E-state index is -1.15. The molecule has 138 valence electrons. The van der Waals surface area contributed by atoms with Crippen LogP contribution in [0.15, 0.2) is 30.5 Å². The number of halogens is 1. The minimum absolute atomic E-state index is 0.0354. The van der Waals surface area contributed by atoms with Crippen LogP contribution in [-0.2, 0) is 22.7 Å². The van der Waals surface area contributed by atoms with Gasteiger partial charge in [0.2, 0.25) is 5.91 Å². The second kappa shape index (κ2) is 8.43. The van der Waals surface area contributed by atoms with E-state index in [0.717, 1.165) is 10.5 Å². The molecule has 2 aromatic rings. The molecule has 2 rings (SSSR count). The number of carboxylic acid groups (broad SMARTS) is 1. The highest BCUT2D eigenvalue weighted by atomic mass is 35.5. The summed E-state index contributed by atoms with van der Waals surface area (Å²) in [6.45, 7) is -0.486. The van der Waals surface area contributed by atoms with Gasteiger partial charge in [-0.15, -0.1) is 5.10 Å². The van der Waals surface area contributed by atoms with Crippen LogP contribution in [0.4, 0.5) is 0 Å². The molecule has 1 aromatic carbocycles. The first-order chi connectivity index (χ1) is 12.3. The normalized spacial score (nSPS) is 10.4. The molecule has 0 aliphatic heterocycles. The molecule has 1 heterocycles. The van der Waals surface area contributed by atoms with Crippen LogP contribution in [-0.4, -0.2) is 68.3 Å². The van der Waals surface area contributed by atoms with Crippen LogP contribution in [0.5, 0.6) is 0 Å². The maximum atomic E-state index is 12.6. The minimum Gasteiger partial charge on any atom is -0.480 e. The number of benzene rings is 1. The van der Waals surface area contributed by atoms with Crippen LogP contribution in [0.3, 0.4) is 0 Å². The lowest BCUT2D eigenvalue weighted by Gasteiger charge is -2.19. The van der Waals surface area contributed by atoms with Crippen LogP contribution in [0, 0.1) is 0 Å². The second-order valence-corrected chi connectivity index (χ2v) is 6.21. The van der Waals surface area contributed by atoms with Crippen molar-refractivity contribution in [3.05, 3.63) is 46.7 Å². The summed E-state index contributed by atoms with van der Waals surface area (Å²) in [5, 5.41) is 17.1. The summed E-state index contributed by atoms with van der Waals surface area (Å²) in [5.41, 5.74) is 0.686. The lowest BCUT2D eigenvalue weighted by atomic mass is 10.2. The fourth-order valence-corrected chi connectivity index (χ4v) is 2.21. The Hall–Kier alpha value is -2.94. The monoisotopic (exact) mass is 379 g/mol. The van der Waals surface area contributed by atoms with Crippen molar-refractivity contribution in [1.82, 2.24) is 24.8 Å². The van der Waals surface area contributed by atoms with Gasteiger partial charge >= 0.3 is 5.97 Å². The number of rotatable bonds is 7. The van der Waals surface area contributed by atoms with Crippen molar-refractivity contribution in [3.8, 4) is 0 Å². The molecule has 0 spiro atoms. The number of aliphatic carboxylic acids is 1. The molecule has 0 aliphatic rings. The quantitative estimate of drug-likeness (QED) is 0.760. The summed E-state index contributed by atoms with van der Waals surface area (Å²) >= 11 is 5.83. The average molecular weight is 380 g/mol. The van der Waals surface area contributed by atoms with E-state index in [-0.39, 0.29) is 24.7 Å². The summed E-state index contributed by atoms with van der Waals surface area (Å²) < 4.78 is 1.23. The maximum Gasteiger partial charge on any atom is 0.323 e. The van der Waals surface area contributed by atoms with Crippen molar-refractivity contribution in [1.29, 1.82) is 0 Å². The molecule has 10 heteroatoms. The summed E-state index contributed by atoms with van der Waals surface area (Å²) in [6.07, 6.45) is 1.32. The molecular formula is C16H18ClN5O4. The number of hydrogen-bond donors (Lipinski definition) is 1.